The summed E-state index contributed by atoms with van der Waals surface area (Å²) in [5, 5.41) is 10.9. The third-order valence-corrected chi connectivity index (χ3v) is 6.49. The number of fused-ring (bicyclic) bond motifs is 4. The second-order valence-electron chi connectivity index (χ2n) is 7.21. The molecule has 3 fully saturated rings. The first-order valence-corrected chi connectivity index (χ1v) is 9.89. The summed E-state index contributed by atoms with van der Waals surface area (Å²) in [5.41, 5.74) is 3.20. The third-order valence-electron chi connectivity index (χ3n) is 5.48. The molecule has 3 saturated heterocycles. The molecule has 6 nitrogen and oxygen atoms in total. The Labute approximate surface area is 155 Å². The summed E-state index contributed by atoms with van der Waals surface area (Å²) in [6, 6.07) is 5.92. The number of carbonyl (C=O) groups is 1. The molecule has 7 heteroatoms. The van der Waals surface area contributed by atoms with Gasteiger partial charge in [-0.15, -0.1) is 11.3 Å². The number of nitrogens with one attached hydrogen (secondary N) is 1. The summed E-state index contributed by atoms with van der Waals surface area (Å²) in [6.07, 6.45) is 2.22. The maximum Gasteiger partial charge on any atom is 0.359 e. The lowest BCUT2D eigenvalue weighted by Crippen LogP contribution is -2.51. The van der Waals surface area contributed by atoms with Crippen molar-refractivity contribution in [2.24, 2.45) is 5.92 Å². The normalized spacial score (nSPS) is 24.9. The number of carbonyl (C=O) groups excluding carboxylic acids is 1. The van der Waals surface area contributed by atoms with Crippen LogP contribution in [-0.2, 0) is 4.74 Å². The van der Waals surface area contributed by atoms with Crippen LogP contribution in [0.5, 0.6) is 0 Å². The molecule has 0 amide bonds. The SMILES string of the molecule is Cc1csc(-c2ccc3[nH]nc(C(=O)OC4CN5CCC4CC5)c3c2)n1. The zero-order valence-corrected chi connectivity index (χ0v) is 15.4. The second-order valence-corrected chi connectivity index (χ2v) is 8.07. The highest BCUT2D eigenvalue weighted by Crippen LogP contribution is 2.31. The molecule has 134 valence electrons. The molecule has 1 N–H and O–H groups in total. The molecule has 3 aromatic rings. The number of benzene rings is 1. The predicted molar refractivity (Wildman–Crippen MR) is 100 cm³/mol. The van der Waals surface area contributed by atoms with Crippen molar-refractivity contribution in [2.75, 3.05) is 19.6 Å². The van der Waals surface area contributed by atoms with E-state index in [9.17, 15) is 4.79 Å². The number of aryl methyl sites for hydroxylation is 1. The molecule has 1 atom stereocenters. The van der Waals surface area contributed by atoms with Gasteiger partial charge in [-0.2, -0.15) is 5.10 Å². The van der Waals surface area contributed by atoms with Gasteiger partial charge in [0.15, 0.2) is 5.69 Å². The van der Waals surface area contributed by atoms with Crippen LogP contribution < -0.4 is 0 Å². The van der Waals surface area contributed by atoms with Crippen LogP contribution in [0.3, 0.4) is 0 Å². The van der Waals surface area contributed by atoms with Crippen molar-refractivity contribution in [3.05, 3.63) is 35.0 Å². The number of aromatic amines is 1. The Kier molecular flexibility index (Phi) is 3.79. The first-order valence-electron chi connectivity index (χ1n) is 9.01. The Morgan fingerprint density at radius 2 is 2.19 bits per heavy atom. The van der Waals surface area contributed by atoms with Gasteiger partial charge in [0.05, 0.1) is 5.52 Å². The van der Waals surface area contributed by atoms with E-state index in [0.29, 0.717) is 11.6 Å². The lowest BCUT2D eigenvalue weighted by Gasteiger charge is -2.43. The Hall–Kier alpha value is -2.25. The average Bonchev–Trinajstić information content (AvgIpc) is 3.28. The van der Waals surface area contributed by atoms with Gasteiger partial charge in [0, 0.05) is 28.6 Å². The van der Waals surface area contributed by atoms with Crippen molar-refractivity contribution < 1.29 is 9.53 Å². The van der Waals surface area contributed by atoms with E-state index in [4.69, 9.17) is 4.74 Å². The van der Waals surface area contributed by atoms with Gasteiger partial charge in [0.1, 0.15) is 11.1 Å². The summed E-state index contributed by atoms with van der Waals surface area (Å²) in [5.74, 6) is 0.158. The monoisotopic (exact) mass is 368 g/mol. The Bertz CT molecular complexity index is 971. The molecule has 0 radical (unpaired) electrons. The van der Waals surface area contributed by atoms with Crippen molar-refractivity contribution in [2.45, 2.75) is 25.9 Å². The molecule has 3 aliphatic rings. The lowest BCUT2D eigenvalue weighted by atomic mass is 9.86. The maximum atomic E-state index is 12.8. The first kappa shape index (κ1) is 16.0. The quantitative estimate of drug-likeness (QED) is 0.719. The molecule has 1 aromatic carbocycles. The van der Waals surface area contributed by atoms with Crippen molar-refractivity contribution in [3.8, 4) is 10.6 Å². The first-order chi connectivity index (χ1) is 12.7. The zero-order chi connectivity index (χ0) is 17.7. The minimum atomic E-state index is -0.331. The van der Waals surface area contributed by atoms with E-state index in [1.807, 2.05) is 30.5 Å². The van der Waals surface area contributed by atoms with Crippen LogP contribution in [0.15, 0.2) is 23.6 Å². The van der Waals surface area contributed by atoms with Crippen LogP contribution in [0, 0.1) is 12.8 Å². The Morgan fingerprint density at radius 1 is 1.35 bits per heavy atom. The van der Waals surface area contributed by atoms with Gasteiger partial charge in [-0.3, -0.25) is 10.00 Å². The molecule has 1 unspecified atom stereocenters. The van der Waals surface area contributed by atoms with Crippen molar-refractivity contribution >= 4 is 28.2 Å². The van der Waals surface area contributed by atoms with Crippen molar-refractivity contribution in [1.29, 1.82) is 0 Å². The van der Waals surface area contributed by atoms with Gasteiger partial charge < -0.3 is 4.74 Å². The number of ether oxygens (including phenoxy) is 1. The summed E-state index contributed by atoms with van der Waals surface area (Å²) in [7, 11) is 0. The number of esters is 1. The molecule has 0 aliphatic carbocycles. The predicted octanol–water partition coefficient (Wildman–Crippen LogP) is 3.25. The van der Waals surface area contributed by atoms with E-state index in [1.54, 1.807) is 11.3 Å². The van der Waals surface area contributed by atoms with Gasteiger partial charge in [-0.05, 0) is 57.0 Å². The van der Waals surface area contributed by atoms with E-state index in [1.165, 1.54) is 0 Å². The maximum absolute atomic E-state index is 12.8. The van der Waals surface area contributed by atoms with Crippen molar-refractivity contribution in [1.82, 2.24) is 20.1 Å². The summed E-state index contributed by atoms with van der Waals surface area (Å²) in [4.78, 5) is 19.7. The van der Waals surface area contributed by atoms with Gasteiger partial charge in [0.25, 0.3) is 0 Å². The van der Waals surface area contributed by atoms with Crippen LogP contribution in [0.25, 0.3) is 21.5 Å². The topological polar surface area (TPSA) is 71.1 Å². The molecule has 0 spiro atoms. The van der Waals surface area contributed by atoms with E-state index < -0.39 is 0 Å². The van der Waals surface area contributed by atoms with Crippen LogP contribution in [0.4, 0.5) is 0 Å². The van der Waals surface area contributed by atoms with Crippen molar-refractivity contribution in [3.63, 3.8) is 0 Å². The minimum Gasteiger partial charge on any atom is -0.456 e. The van der Waals surface area contributed by atoms with Gasteiger partial charge in [-0.25, -0.2) is 9.78 Å². The fraction of sp³-hybridized carbons (Fsp3) is 0.421. The fourth-order valence-corrected chi connectivity index (χ4v) is 4.82. The highest BCUT2D eigenvalue weighted by molar-refractivity contribution is 7.13. The Balaban J connectivity index is 1.43. The molecule has 26 heavy (non-hydrogen) atoms. The number of rotatable bonds is 3. The molecular weight excluding hydrogens is 348 g/mol. The van der Waals surface area contributed by atoms with E-state index in [-0.39, 0.29) is 12.1 Å². The minimum absolute atomic E-state index is 0.0125. The van der Waals surface area contributed by atoms with Crippen LogP contribution in [0.2, 0.25) is 0 Å². The molecule has 2 aromatic heterocycles. The van der Waals surface area contributed by atoms with Crippen LogP contribution >= 0.6 is 11.3 Å². The number of piperidine rings is 3. The molecule has 5 heterocycles. The number of hydrogen-bond acceptors (Lipinski definition) is 6. The standard InChI is InChI=1S/C19H20N4O2S/c1-11-10-26-18(20-11)13-2-3-15-14(8-13)17(22-21-15)19(24)25-16-9-23-6-4-12(16)5-7-23/h2-3,8,10,12,16H,4-7,9H2,1H3,(H,21,22). The van der Waals surface area contributed by atoms with Crippen LogP contribution in [0.1, 0.15) is 29.0 Å². The van der Waals surface area contributed by atoms with E-state index in [2.05, 4.69) is 20.1 Å². The number of nitrogens with zero attached hydrogens (tertiary/aromatic N) is 3. The third kappa shape index (κ3) is 2.71. The highest BCUT2D eigenvalue weighted by Gasteiger charge is 2.37. The molecule has 6 rings (SSSR count). The fourth-order valence-electron chi connectivity index (χ4n) is 4.03. The molecule has 3 aliphatic heterocycles. The van der Waals surface area contributed by atoms with Gasteiger partial charge in [-0.1, -0.05) is 0 Å². The summed E-state index contributed by atoms with van der Waals surface area (Å²) < 4.78 is 5.85. The Morgan fingerprint density at radius 3 is 2.88 bits per heavy atom. The number of H-pyrrole nitrogens is 1. The van der Waals surface area contributed by atoms with Gasteiger partial charge >= 0.3 is 5.97 Å². The number of thiazole rings is 1. The smallest absolute Gasteiger partial charge is 0.359 e. The zero-order valence-electron chi connectivity index (χ0n) is 14.6. The average molecular weight is 368 g/mol. The van der Waals surface area contributed by atoms with Gasteiger partial charge in [0.2, 0.25) is 0 Å². The number of aromatic nitrogens is 3. The summed E-state index contributed by atoms with van der Waals surface area (Å²) in [6.45, 7) is 5.08. The largest absolute Gasteiger partial charge is 0.456 e. The highest BCUT2D eigenvalue weighted by atomic mass is 32.1. The molecular formula is C19H20N4O2S. The second kappa shape index (κ2) is 6.17. The van der Waals surface area contributed by atoms with E-state index >= 15 is 0 Å². The lowest BCUT2D eigenvalue weighted by molar-refractivity contribution is -0.0458. The molecule has 2 bridgehead atoms. The summed E-state index contributed by atoms with van der Waals surface area (Å²) >= 11 is 1.60. The van der Waals surface area contributed by atoms with E-state index in [0.717, 1.165) is 59.6 Å². The number of hydrogen-bond donors (Lipinski definition) is 1. The molecule has 0 saturated carbocycles. The van der Waals surface area contributed by atoms with Crippen LogP contribution in [-0.4, -0.2) is 51.8 Å².